The highest BCUT2D eigenvalue weighted by atomic mass is 35.5. The molecular formula is C17H17ClN2O2S. The third kappa shape index (κ3) is 4.68. The molecular weight excluding hydrogens is 332 g/mol. The van der Waals surface area contributed by atoms with E-state index in [-0.39, 0.29) is 11.0 Å². The number of hydrogen-bond acceptors (Lipinski definition) is 3. The van der Waals surface area contributed by atoms with E-state index in [9.17, 15) is 4.79 Å². The van der Waals surface area contributed by atoms with Gasteiger partial charge in [0.05, 0.1) is 12.7 Å². The maximum absolute atomic E-state index is 12.3. The Balaban J connectivity index is 2.11. The van der Waals surface area contributed by atoms with E-state index in [0.29, 0.717) is 16.3 Å². The van der Waals surface area contributed by atoms with Gasteiger partial charge in [-0.15, -0.1) is 0 Å². The number of halogens is 1. The molecule has 0 bridgehead atoms. The van der Waals surface area contributed by atoms with Gasteiger partial charge in [-0.05, 0) is 67.5 Å². The zero-order valence-corrected chi connectivity index (χ0v) is 14.6. The Morgan fingerprint density at radius 3 is 2.39 bits per heavy atom. The number of nitrogens with one attached hydrogen (secondary N) is 2. The molecule has 2 aromatic rings. The van der Waals surface area contributed by atoms with Gasteiger partial charge in [0.25, 0.3) is 5.91 Å². The van der Waals surface area contributed by atoms with Crippen LogP contribution in [0.25, 0.3) is 0 Å². The maximum atomic E-state index is 12.3. The highest BCUT2D eigenvalue weighted by Crippen LogP contribution is 2.22. The van der Waals surface area contributed by atoms with Crippen LogP contribution in [0.3, 0.4) is 0 Å². The number of carbonyl (C=O) groups excluding carboxylic acids is 1. The quantitative estimate of drug-likeness (QED) is 0.820. The lowest BCUT2D eigenvalue weighted by Crippen LogP contribution is -2.34. The molecule has 6 heteroatoms. The highest BCUT2D eigenvalue weighted by Gasteiger charge is 2.14. The number of hydrogen-bond donors (Lipinski definition) is 2. The molecule has 0 saturated carbocycles. The molecule has 0 fully saturated rings. The summed E-state index contributed by atoms with van der Waals surface area (Å²) < 4.78 is 5.17. The van der Waals surface area contributed by atoms with Crippen LogP contribution in [0.1, 0.15) is 21.5 Å². The molecule has 0 radical (unpaired) electrons. The maximum Gasteiger partial charge on any atom is 0.261 e. The van der Waals surface area contributed by atoms with Gasteiger partial charge in [-0.25, -0.2) is 0 Å². The first kappa shape index (κ1) is 17.2. The number of anilines is 1. The molecule has 2 N–H and O–H groups in total. The van der Waals surface area contributed by atoms with Gasteiger partial charge in [0.1, 0.15) is 5.75 Å². The number of aryl methyl sites for hydroxylation is 2. The second-order valence-electron chi connectivity index (χ2n) is 5.13. The van der Waals surface area contributed by atoms with E-state index in [0.717, 1.165) is 16.8 Å². The first-order valence-electron chi connectivity index (χ1n) is 6.93. The van der Waals surface area contributed by atoms with Crippen molar-refractivity contribution in [2.45, 2.75) is 13.8 Å². The second-order valence-corrected chi connectivity index (χ2v) is 5.97. The summed E-state index contributed by atoms with van der Waals surface area (Å²) in [6.07, 6.45) is 0. The predicted molar refractivity (Wildman–Crippen MR) is 97.6 cm³/mol. The molecule has 0 saturated heterocycles. The van der Waals surface area contributed by atoms with Crippen LogP contribution in [0.2, 0.25) is 5.02 Å². The lowest BCUT2D eigenvalue weighted by molar-refractivity contribution is 0.0975. The van der Waals surface area contributed by atoms with Gasteiger partial charge in [-0.2, -0.15) is 0 Å². The summed E-state index contributed by atoms with van der Waals surface area (Å²) in [6, 6.07) is 10.8. The fourth-order valence-electron chi connectivity index (χ4n) is 2.24. The number of methoxy groups -OCH3 is 1. The van der Waals surface area contributed by atoms with Crippen molar-refractivity contribution < 1.29 is 9.53 Å². The Morgan fingerprint density at radius 1 is 1.13 bits per heavy atom. The topological polar surface area (TPSA) is 50.4 Å². The Bertz CT molecular complexity index is 742. The number of benzene rings is 2. The van der Waals surface area contributed by atoms with Crippen molar-refractivity contribution in [3.05, 3.63) is 58.1 Å². The fraction of sp³-hybridized carbons (Fsp3) is 0.176. The number of carbonyl (C=O) groups is 1. The summed E-state index contributed by atoms with van der Waals surface area (Å²) >= 11 is 11.1. The minimum atomic E-state index is -0.383. The molecule has 0 aliphatic heterocycles. The van der Waals surface area contributed by atoms with Crippen molar-refractivity contribution in [1.29, 1.82) is 0 Å². The van der Waals surface area contributed by atoms with Gasteiger partial charge in [-0.1, -0.05) is 17.7 Å². The monoisotopic (exact) mass is 348 g/mol. The first-order chi connectivity index (χ1) is 10.9. The SMILES string of the molecule is COc1ccc(Cl)cc1C(=O)NC(=S)Nc1cc(C)cc(C)c1. The molecule has 2 aromatic carbocycles. The standard InChI is InChI=1S/C17H17ClN2O2S/c1-10-6-11(2)8-13(7-10)19-17(23)20-16(21)14-9-12(18)4-5-15(14)22-3/h4-9H,1-3H3,(H2,19,20,21,23). The van der Waals surface area contributed by atoms with Crippen LogP contribution in [-0.4, -0.2) is 18.1 Å². The van der Waals surface area contributed by atoms with Crippen molar-refractivity contribution in [3.8, 4) is 5.75 Å². The van der Waals surface area contributed by atoms with E-state index < -0.39 is 0 Å². The highest BCUT2D eigenvalue weighted by molar-refractivity contribution is 7.80. The lowest BCUT2D eigenvalue weighted by Gasteiger charge is -2.12. The zero-order valence-electron chi connectivity index (χ0n) is 13.1. The summed E-state index contributed by atoms with van der Waals surface area (Å²) in [5, 5.41) is 6.29. The van der Waals surface area contributed by atoms with Crippen molar-refractivity contribution in [2.24, 2.45) is 0 Å². The number of ether oxygens (including phenoxy) is 1. The average molecular weight is 349 g/mol. The van der Waals surface area contributed by atoms with E-state index >= 15 is 0 Å². The minimum Gasteiger partial charge on any atom is -0.496 e. The largest absolute Gasteiger partial charge is 0.496 e. The van der Waals surface area contributed by atoms with Crippen LogP contribution in [0, 0.1) is 13.8 Å². The minimum absolute atomic E-state index is 0.210. The number of thiocarbonyl (C=S) groups is 1. The molecule has 23 heavy (non-hydrogen) atoms. The summed E-state index contributed by atoms with van der Waals surface area (Å²) in [5.74, 6) is 0.0484. The molecule has 1 amide bonds. The number of rotatable bonds is 3. The Labute approximate surface area is 145 Å². The summed E-state index contributed by atoms with van der Waals surface area (Å²) in [6.45, 7) is 3.99. The average Bonchev–Trinajstić information content (AvgIpc) is 2.45. The fourth-order valence-corrected chi connectivity index (χ4v) is 2.62. The van der Waals surface area contributed by atoms with Crippen LogP contribution in [0.5, 0.6) is 5.75 Å². The number of amides is 1. The normalized spacial score (nSPS) is 10.1. The van der Waals surface area contributed by atoms with E-state index in [2.05, 4.69) is 16.7 Å². The molecule has 0 aliphatic carbocycles. The summed E-state index contributed by atoms with van der Waals surface area (Å²) in [4.78, 5) is 12.3. The molecule has 0 unspecified atom stereocenters. The van der Waals surface area contributed by atoms with Crippen LogP contribution < -0.4 is 15.4 Å². The van der Waals surface area contributed by atoms with Crippen LogP contribution in [0.15, 0.2) is 36.4 Å². The molecule has 0 spiro atoms. The molecule has 0 atom stereocenters. The van der Waals surface area contributed by atoms with Crippen LogP contribution in [-0.2, 0) is 0 Å². The zero-order chi connectivity index (χ0) is 17.0. The van der Waals surface area contributed by atoms with Crippen LogP contribution in [0.4, 0.5) is 5.69 Å². The van der Waals surface area contributed by atoms with Gasteiger partial charge < -0.3 is 10.1 Å². The van der Waals surface area contributed by atoms with Gasteiger partial charge in [-0.3, -0.25) is 10.1 Å². The van der Waals surface area contributed by atoms with E-state index in [1.807, 2.05) is 26.0 Å². The van der Waals surface area contributed by atoms with Crippen molar-refractivity contribution in [2.75, 3.05) is 12.4 Å². The molecule has 2 rings (SSSR count). The molecule has 4 nitrogen and oxygen atoms in total. The lowest BCUT2D eigenvalue weighted by atomic mass is 10.1. The molecule has 0 aliphatic rings. The summed E-state index contributed by atoms with van der Waals surface area (Å²) in [5.41, 5.74) is 3.37. The smallest absolute Gasteiger partial charge is 0.261 e. The van der Waals surface area contributed by atoms with Gasteiger partial charge in [0, 0.05) is 10.7 Å². The summed E-state index contributed by atoms with van der Waals surface area (Å²) in [7, 11) is 1.49. The Hall–Kier alpha value is -2.11. The Morgan fingerprint density at radius 2 is 1.78 bits per heavy atom. The molecule has 0 heterocycles. The van der Waals surface area contributed by atoms with E-state index in [1.165, 1.54) is 13.2 Å². The second kappa shape index (κ2) is 7.44. The third-order valence-electron chi connectivity index (χ3n) is 3.11. The van der Waals surface area contributed by atoms with Crippen molar-refractivity contribution in [3.63, 3.8) is 0 Å². The van der Waals surface area contributed by atoms with Crippen LogP contribution >= 0.6 is 23.8 Å². The van der Waals surface area contributed by atoms with E-state index in [1.54, 1.807) is 12.1 Å². The van der Waals surface area contributed by atoms with Crippen molar-refractivity contribution >= 4 is 40.5 Å². The third-order valence-corrected chi connectivity index (χ3v) is 3.55. The van der Waals surface area contributed by atoms with Crippen molar-refractivity contribution in [1.82, 2.24) is 5.32 Å². The predicted octanol–water partition coefficient (Wildman–Crippen LogP) is 4.09. The van der Waals surface area contributed by atoms with E-state index in [4.69, 9.17) is 28.6 Å². The first-order valence-corrected chi connectivity index (χ1v) is 7.72. The Kier molecular flexibility index (Phi) is 5.58. The molecule has 0 aromatic heterocycles. The van der Waals surface area contributed by atoms with Gasteiger partial charge in [0.2, 0.25) is 0 Å². The molecule has 120 valence electrons. The van der Waals surface area contributed by atoms with Gasteiger partial charge in [0.15, 0.2) is 5.11 Å². The van der Waals surface area contributed by atoms with Gasteiger partial charge >= 0.3 is 0 Å².